The number of halogens is 3. The van der Waals surface area contributed by atoms with Crippen molar-refractivity contribution in [2.24, 2.45) is 5.10 Å². The van der Waals surface area contributed by atoms with Crippen molar-refractivity contribution in [1.29, 1.82) is 0 Å². The minimum atomic E-state index is -4.51. The Labute approximate surface area is 111 Å². The highest BCUT2D eigenvalue weighted by Crippen LogP contribution is 2.32. The average molecular weight is 286 g/mol. The van der Waals surface area contributed by atoms with Crippen molar-refractivity contribution in [3.63, 3.8) is 0 Å². The largest absolute Gasteiger partial charge is 0.416 e. The van der Waals surface area contributed by atoms with E-state index in [-0.39, 0.29) is 18.0 Å². The molecule has 0 saturated carbocycles. The van der Waals surface area contributed by atoms with Crippen LogP contribution in [0.2, 0.25) is 0 Å². The number of carbonyl (C=O) groups excluding carboxylic acids is 2. The number of hydrazone groups is 1. The Morgan fingerprint density at radius 2 is 2.10 bits per heavy atom. The predicted octanol–water partition coefficient (Wildman–Crippen LogP) is 2.32. The first-order valence-electron chi connectivity index (χ1n) is 5.53. The van der Waals surface area contributed by atoms with Crippen LogP contribution in [0.15, 0.2) is 29.4 Å². The molecule has 0 aromatic heterocycles. The number of nitrogens with zero attached hydrogens (tertiary/aromatic N) is 2. The lowest BCUT2D eigenvalue weighted by molar-refractivity contribution is -0.137. The van der Waals surface area contributed by atoms with Gasteiger partial charge in [-0.3, -0.25) is 9.59 Å². The zero-order valence-corrected chi connectivity index (χ0v) is 10.3. The summed E-state index contributed by atoms with van der Waals surface area (Å²) in [5.74, 6) is -1.36. The molecule has 0 unspecified atom stereocenters. The lowest BCUT2D eigenvalue weighted by Crippen LogP contribution is -2.20. The molecule has 0 aliphatic carbocycles. The first kappa shape index (κ1) is 14.0. The molecule has 20 heavy (non-hydrogen) atoms. The van der Waals surface area contributed by atoms with E-state index in [1.54, 1.807) is 0 Å². The third kappa shape index (κ3) is 2.95. The molecular weight excluding hydrogens is 277 g/mol. The van der Waals surface area contributed by atoms with E-state index in [1.807, 2.05) is 0 Å². The highest BCUT2D eigenvalue weighted by Gasteiger charge is 2.33. The summed E-state index contributed by atoms with van der Waals surface area (Å²) in [5.41, 5.74) is -0.925. The van der Waals surface area contributed by atoms with Gasteiger partial charge >= 0.3 is 12.1 Å². The van der Waals surface area contributed by atoms with Gasteiger partial charge in [0.25, 0.3) is 5.91 Å². The van der Waals surface area contributed by atoms with Crippen molar-refractivity contribution in [3.8, 4) is 0 Å². The van der Waals surface area contributed by atoms with E-state index in [1.165, 1.54) is 12.1 Å². The Kier molecular flexibility index (Phi) is 3.47. The highest BCUT2D eigenvalue weighted by molar-refractivity contribution is 6.12. The Morgan fingerprint density at radius 1 is 1.40 bits per heavy atom. The van der Waals surface area contributed by atoms with E-state index in [0.29, 0.717) is 0 Å². The molecule has 8 heteroatoms. The molecule has 2 rings (SSSR count). The number of hydrogen-bond donors (Lipinski definition) is 0. The molecule has 1 amide bonds. The van der Waals surface area contributed by atoms with E-state index >= 15 is 0 Å². The van der Waals surface area contributed by atoms with Crippen molar-refractivity contribution in [2.75, 3.05) is 5.01 Å². The van der Waals surface area contributed by atoms with Crippen LogP contribution in [0.4, 0.5) is 18.9 Å². The lowest BCUT2D eigenvalue weighted by atomic mass is 10.2. The zero-order valence-electron chi connectivity index (χ0n) is 10.3. The van der Waals surface area contributed by atoms with Crippen LogP contribution in [0.5, 0.6) is 0 Å². The first-order valence-corrected chi connectivity index (χ1v) is 5.53. The van der Waals surface area contributed by atoms with Crippen LogP contribution >= 0.6 is 0 Å². The number of alkyl halides is 3. The van der Waals surface area contributed by atoms with Gasteiger partial charge in [-0.1, -0.05) is 6.07 Å². The lowest BCUT2D eigenvalue weighted by Gasteiger charge is -2.13. The second-order valence-corrected chi connectivity index (χ2v) is 4.02. The van der Waals surface area contributed by atoms with Crippen molar-refractivity contribution in [1.82, 2.24) is 0 Å². The van der Waals surface area contributed by atoms with Gasteiger partial charge in [-0.25, -0.2) is 0 Å². The summed E-state index contributed by atoms with van der Waals surface area (Å²) < 4.78 is 42.4. The molecule has 0 saturated heterocycles. The van der Waals surface area contributed by atoms with E-state index in [9.17, 15) is 22.8 Å². The molecule has 0 fully saturated rings. The Bertz CT molecular complexity index is 596. The zero-order chi connectivity index (χ0) is 14.9. The molecule has 5 nitrogen and oxygen atoms in total. The fourth-order valence-electron chi connectivity index (χ4n) is 1.65. The van der Waals surface area contributed by atoms with Crippen LogP contribution in [-0.4, -0.2) is 17.8 Å². The van der Waals surface area contributed by atoms with Crippen LogP contribution < -0.4 is 5.01 Å². The van der Waals surface area contributed by atoms with E-state index in [4.69, 9.17) is 0 Å². The monoisotopic (exact) mass is 286 g/mol. The van der Waals surface area contributed by atoms with Gasteiger partial charge in [-0.15, -0.1) is 5.10 Å². The molecule has 1 heterocycles. The summed E-state index contributed by atoms with van der Waals surface area (Å²) in [6.07, 6.45) is -4.78. The summed E-state index contributed by atoms with van der Waals surface area (Å²) in [6, 6.07) is 4.18. The molecule has 0 radical (unpaired) electrons. The number of ether oxygens (including phenoxy) is 1. The summed E-state index contributed by atoms with van der Waals surface area (Å²) in [7, 11) is 0. The Hall–Kier alpha value is -2.38. The van der Waals surface area contributed by atoms with Gasteiger partial charge in [-0.2, -0.15) is 18.2 Å². The quantitative estimate of drug-likeness (QED) is 0.744. The third-order valence-corrected chi connectivity index (χ3v) is 2.43. The highest BCUT2D eigenvalue weighted by atomic mass is 19.4. The number of esters is 1. The normalized spacial score (nSPS) is 15.3. The van der Waals surface area contributed by atoms with Crippen LogP contribution in [0.25, 0.3) is 0 Å². The fourth-order valence-corrected chi connectivity index (χ4v) is 1.65. The summed E-state index contributed by atoms with van der Waals surface area (Å²) in [4.78, 5) is 22.4. The second kappa shape index (κ2) is 4.95. The van der Waals surface area contributed by atoms with Crippen molar-refractivity contribution >= 4 is 23.5 Å². The number of carbonyl (C=O) groups is 2. The SMILES string of the molecule is CC(=O)OC1=NN(c2cccc(C(F)(F)F)c2)C(=O)C1. The molecular formula is C12H9F3N2O3. The van der Waals surface area contributed by atoms with Crippen molar-refractivity contribution in [2.45, 2.75) is 19.5 Å². The first-order chi connectivity index (χ1) is 9.27. The van der Waals surface area contributed by atoms with Gasteiger partial charge < -0.3 is 4.74 Å². The van der Waals surface area contributed by atoms with E-state index < -0.39 is 23.6 Å². The summed E-state index contributed by atoms with van der Waals surface area (Å²) in [5, 5.41) is 4.48. The third-order valence-electron chi connectivity index (χ3n) is 2.43. The molecule has 1 aromatic rings. The van der Waals surface area contributed by atoms with Crippen LogP contribution in [0, 0.1) is 0 Å². The van der Waals surface area contributed by atoms with Gasteiger partial charge in [0.15, 0.2) is 0 Å². The average Bonchev–Trinajstić information content (AvgIpc) is 2.68. The van der Waals surface area contributed by atoms with Crippen molar-refractivity contribution in [3.05, 3.63) is 29.8 Å². The Balaban J connectivity index is 2.30. The molecule has 0 atom stereocenters. The molecule has 106 valence electrons. The van der Waals surface area contributed by atoms with Gasteiger partial charge in [0.1, 0.15) is 6.42 Å². The number of anilines is 1. The standard InChI is InChI=1S/C12H9F3N2O3/c1-7(18)20-10-6-11(19)17(16-10)9-4-2-3-8(5-9)12(13,14)15/h2-5H,6H2,1H3. The minimum absolute atomic E-state index is 0.0352. The molecule has 0 spiro atoms. The molecule has 1 aromatic carbocycles. The number of amides is 1. The van der Waals surface area contributed by atoms with Gasteiger partial charge in [0, 0.05) is 6.92 Å². The minimum Gasteiger partial charge on any atom is -0.410 e. The molecule has 0 bridgehead atoms. The van der Waals surface area contributed by atoms with Gasteiger partial charge in [-0.05, 0) is 18.2 Å². The van der Waals surface area contributed by atoms with Crippen LogP contribution in [-0.2, 0) is 20.5 Å². The number of rotatable bonds is 1. The summed E-state index contributed by atoms with van der Waals surface area (Å²) >= 11 is 0. The van der Waals surface area contributed by atoms with Crippen molar-refractivity contribution < 1.29 is 27.5 Å². The number of hydrogen-bond acceptors (Lipinski definition) is 4. The van der Waals surface area contributed by atoms with E-state index in [2.05, 4.69) is 9.84 Å². The molecule has 1 aliphatic rings. The van der Waals surface area contributed by atoms with Crippen LogP contribution in [0.3, 0.4) is 0 Å². The Morgan fingerprint density at radius 3 is 2.70 bits per heavy atom. The maximum Gasteiger partial charge on any atom is 0.416 e. The maximum absolute atomic E-state index is 12.6. The number of benzene rings is 1. The topological polar surface area (TPSA) is 59.0 Å². The second-order valence-electron chi connectivity index (χ2n) is 4.02. The molecule has 0 N–H and O–H groups in total. The smallest absolute Gasteiger partial charge is 0.410 e. The molecule has 1 aliphatic heterocycles. The van der Waals surface area contributed by atoms with Gasteiger partial charge in [0.05, 0.1) is 11.3 Å². The van der Waals surface area contributed by atoms with Gasteiger partial charge in [0.2, 0.25) is 5.90 Å². The summed E-state index contributed by atoms with van der Waals surface area (Å²) in [6.45, 7) is 1.14. The van der Waals surface area contributed by atoms with Crippen LogP contribution in [0.1, 0.15) is 18.9 Å². The van der Waals surface area contributed by atoms with E-state index in [0.717, 1.165) is 24.1 Å². The maximum atomic E-state index is 12.6. The fraction of sp³-hybridized carbons (Fsp3) is 0.250. The predicted molar refractivity (Wildman–Crippen MR) is 62.7 cm³/mol.